The molecule has 2 rings (SSSR count). The van der Waals surface area contributed by atoms with Crippen molar-refractivity contribution >= 4 is 17.5 Å². The van der Waals surface area contributed by atoms with Crippen molar-refractivity contribution in [2.75, 3.05) is 25.1 Å². The Kier molecular flexibility index (Phi) is 8.65. The van der Waals surface area contributed by atoms with Crippen molar-refractivity contribution in [2.24, 2.45) is 11.7 Å². The summed E-state index contributed by atoms with van der Waals surface area (Å²) in [6.07, 6.45) is 0.755. The topological polar surface area (TPSA) is 93.5 Å². The molecular weight excluding hydrogens is 354 g/mol. The van der Waals surface area contributed by atoms with Crippen LogP contribution in [0.5, 0.6) is 0 Å². The highest BCUT2D eigenvalue weighted by molar-refractivity contribution is 5.97. The van der Waals surface area contributed by atoms with E-state index >= 15 is 0 Å². The van der Waals surface area contributed by atoms with Gasteiger partial charge in [0.05, 0.1) is 5.92 Å². The fraction of sp³-hybridized carbons (Fsp3) is 0.364. The van der Waals surface area contributed by atoms with Gasteiger partial charge in [-0.05, 0) is 37.1 Å². The largest absolute Gasteiger partial charge is 0.382 e. The van der Waals surface area contributed by atoms with Crippen LogP contribution in [-0.2, 0) is 9.53 Å². The molecule has 0 heterocycles. The summed E-state index contributed by atoms with van der Waals surface area (Å²) < 4.78 is 5.25. The zero-order chi connectivity index (χ0) is 20.4. The minimum absolute atomic E-state index is 0.179. The third-order valence-corrected chi connectivity index (χ3v) is 4.48. The average molecular weight is 383 g/mol. The predicted molar refractivity (Wildman–Crippen MR) is 111 cm³/mol. The summed E-state index contributed by atoms with van der Waals surface area (Å²) in [5.74, 6) is -0.786. The zero-order valence-corrected chi connectivity index (χ0v) is 16.5. The second kappa shape index (κ2) is 11.2. The molecule has 6 nitrogen and oxygen atoms in total. The average Bonchev–Trinajstić information content (AvgIpc) is 2.73. The highest BCUT2D eigenvalue weighted by Gasteiger charge is 2.22. The van der Waals surface area contributed by atoms with Crippen LogP contribution in [-0.4, -0.2) is 31.6 Å². The van der Waals surface area contributed by atoms with E-state index < -0.39 is 12.0 Å². The lowest BCUT2D eigenvalue weighted by Crippen LogP contribution is -2.30. The molecule has 28 heavy (non-hydrogen) atoms. The van der Waals surface area contributed by atoms with E-state index in [0.29, 0.717) is 31.0 Å². The van der Waals surface area contributed by atoms with Crippen molar-refractivity contribution in [2.45, 2.75) is 26.3 Å². The van der Waals surface area contributed by atoms with Gasteiger partial charge >= 0.3 is 0 Å². The summed E-state index contributed by atoms with van der Waals surface area (Å²) in [5.41, 5.74) is 8.20. The van der Waals surface area contributed by atoms with Gasteiger partial charge in [-0.3, -0.25) is 9.59 Å². The quantitative estimate of drug-likeness (QED) is 0.550. The molecule has 0 saturated carbocycles. The molecule has 2 atom stereocenters. The molecule has 2 aromatic rings. The van der Waals surface area contributed by atoms with Crippen LogP contribution in [0.2, 0.25) is 0 Å². The van der Waals surface area contributed by atoms with Gasteiger partial charge in [0.15, 0.2) is 0 Å². The molecule has 150 valence electrons. The van der Waals surface area contributed by atoms with Crippen molar-refractivity contribution in [3.63, 3.8) is 0 Å². The Morgan fingerprint density at radius 3 is 2.57 bits per heavy atom. The number of nitrogens with two attached hydrogens (primary N) is 1. The van der Waals surface area contributed by atoms with Gasteiger partial charge in [0, 0.05) is 37.1 Å². The molecule has 4 N–H and O–H groups in total. The number of nitrogens with one attached hydrogen (secondary N) is 2. The number of ether oxygens (including phenoxy) is 1. The van der Waals surface area contributed by atoms with Crippen molar-refractivity contribution in [3.05, 3.63) is 65.7 Å². The van der Waals surface area contributed by atoms with E-state index in [1.807, 2.05) is 37.3 Å². The second-order valence-corrected chi connectivity index (χ2v) is 6.60. The molecule has 0 fully saturated rings. The third kappa shape index (κ3) is 6.48. The summed E-state index contributed by atoms with van der Waals surface area (Å²) in [4.78, 5) is 24.8. The van der Waals surface area contributed by atoms with Gasteiger partial charge in [0.25, 0.3) is 5.91 Å². The Labute approximate surface area is 166 Å². The fourth-order valence-electron chi connectivity index (χ4n) is 2.74. The van der Waals surface area contributed by atoms with Gasteiger partial charge in [-0.15, -0.1) is 0 Å². The minimum atomic E-state index is -0.418. The monoisotopic (exact) mass is 383 g/mol. The van der Waals surface area contributed by atoms with Crippen molar-refractivity contribution in [3.8, 4) is 0 Å². The minimum Gasteiger partial charge on any atom is -0.382 e. The van der Waals surface area contributed by atoms with Crippen molar-refractivity contribution in [1.82, 2.24) is 5.32 Å². The molecule has 0 radical (unpaired) electrons. The van der Waals surface area contributed by atoms with Crippen LogP contribution in [0.4, 0.5) is 5.69 Å². The van der Waals surface area contributed by atoms with Crippen LogP contribution in [0.25, 0.3) is 0 Å². The summed E-state index contributed by atoms with van der Waals surface area (Å²) >= 11 is 0. The number of hydrogen-bond acceptors (Lipinski definition) is 4. The Morgan fingerprint density at radius 2 is 1.86 bits per heavy atom. The number of anilines is 1. The molecule has 0 spiro atoms. The lowest BCUT2D eigenvalue weighted by molar-refractivity contribution is -0.120. The molecule has 2 aromatic carbocycles. The number of amides is 2. The van der Waals surface area contributed by atoms with Crippen LogP contribution in [0, 0.1) is 5.92 Å². The van der Waals surface area contributed by atoms with E-state index in [4.69, 9.17) is 10.5 Å². The van der Waals surface area contributed by atoms with Gasteiger partial charge in [-0.2, -0.15) is 0 Å². The van der Waals surface area contributed by atoms with E-state index in [2.05, 4.69) is 10.6 Å². The first kappa shape index (κ1) is 21.6. The lowest BCUT2D eigenvalue weighted by atomic mass is 9.94. The number of benzene rings is 2. The molecule has 0 aromatic heterocycles. The van der Waals surface area contributed by atoms with E-state index in [1.165, 1.54) is 0 Å². The number of rotatable bonds is 10. The van der Waals surface area contributed by atoms with Crippen molar-refractivity contribution < 1.29 is 14.3 Å². The Balaban J connectivity index is 1.92. The van der Waals surface area contributed by atoms with Gasteiger partial charge in [0.2, 0.25) is 5.91 Å². The first-order valence-corrected chi connectivity index (χ1v) is 9.60. The van der Waals surface area contributed by atoms with E-state index in [0.717, 1.165) is 12.0 Å². The van der Waals surface area contributed by atoms with E-state index in [9.17, 15) is 9.59 Å². The SMILES string of the molecule is CCOCCCNC(=O)c1cccc(NC(=O)C(C)C(N)c2ccccc2)c1. The smallest absolute Gasteiger partial charge is 0.251 e. The first-order valence-electron chi connectivity index (χ1n) is 9.60. The summed E-state index contributed by atoms with van der Waals surface area (Å²) in [6.45, 7) is 5.56. The van der Waals surface area contributed by atoms with Gasteiger partial charge in [-0.25, -0.2) is 0 Å². The van der Waals surface area contributed by atoms with Crippen LogP contribution in [0.15, 0.2) is 54.6 Å². The maximum absolute atomic E-state index is 12.6. The normalized spacial score (nSPS) is 12.8. The van der Waals surface area contributed by atoms with Crippen LogP contribution in [0.3, 0.4) is 0 Å². The van der Waals surface area contributed by atoms with E-state index in [-0.39, 0.29) is 11.8 Å². The highest BCUT2D eigenvalue weighted by atomic mass is 16.5. The maximum Gasteiger partial charge on any atom is 0.251 e. The third-order valence-electron chi connectivity index (χ3n) is 4.48. The molecular formula is C22H29N3O3. The second-order valence-electron chi connectivity index (χ2n) is 6.60. The Morgan fingerprint density at radius 1 is 1.11 bits per heavy atom. The summed E-state index contributed by atoms with van der Waals surface area (Å²) in [5, 5.41) is 5.70. The van der Waals surface area contributed by atoms with Gasteiger partial charge in [0.1, 0.15) is 0 Å². The highest BCUT2D eigenvalue weighted by Crippen LogP contribution is 2.21. The maximum atomic E-state index is 12.6. The van der Waals surface area contributed by atoms with Gasteiger partial charge in [-0.1, -0.05) is 43.3 Å². The van der Waals surface area contributed by atoms with Crippen LogP contribution < -0.4 is 16.4 Å². The molecule has 0 bridgehead atoms. The number of hydrogen-bond donors (Lipinski definition) is 3. The zero-order valence-electron chi connectivity index (χ0n) is 16.5. The number of carbonyl (C=O) groups is 2. The standard InChI is InChI=1S/C22H29N3O3/c1-3-28-14-8-13-24-22(27)18-11-7-12-19(15-18)25-21(26)16(2)20(23)17-9-5-4-6-10-17/h4-7,9-12,15-16,20H,3,8,13-14,23H2,1-2H3,(H,24,27)(H,25,26). The van der Waals surface area contributed by atoms with Crippen LogP contribution >= 0.6 is 0 Å². The fourth-order valence-corrected chi connectivity index (χ4v) is 2.74. The summed E-state index contributed by atoms with van der Waals surface area (Å²) in [6, 6.07) is 16.0. The number of carbonyl (C=O) groups excluding carboxylic acids is 2. The molecule has 0 aliphatic rings. The molecule has 6 heteroatoms. The Bertz CT molecular complexity index is 765. The van der Waals surface area contributed by atoms with Crippen molar-refractivity contribution in [1.29, 1.82) is 0 Å². The predicted octanol–water partition coefficient (Wildman–Crippen LogP) is 3.12. The van der Waals surface area contributed by atoms with E-state index in [1.54, 1.807) is 31.2 Å². The van der Waals surface area contributed by atoms with Crippen LogP contribution in [0.1, 0.15) is 42.2 Å². The molecule has 0 aliphatic carbocycles. The molecule has 0 aliphatic heterocycles. The summed E-state index contributed by atoms with van der Waals surface area (Å²) in [7, 11) is 0. The van der Waals surface area contributed by atoms with Gasteiger partial charge < -0.3 is 21.1 Å². The Hall–Kier alpha value is -2.70. The molecule has 0 saturated heterocycles. The lowest BCUT2D eigenvalue weighted by Gasteiger charge is -2.20. The molecule has 2 amide bonds. The first-order chi connectivity index (χ1) is 13.5. The molecule has 2 unspecified atom stereocenters.